The van der Waals surface area contributed by atoms with Crippen LogP contribution in [0, 0.1) is 10.1 Å². The van der Waals surface area contributed by atoms with Crippen molar-refractivity contribution in [2.45, 2.75) is 0 Å². The molecule has 9 heteroatoms. The fourth-order valence-corrected chi connectivity index (χ4v) is 3.38. The van der Waals surface area contributed by atoms with Gasteiger partial charge in [-0.1, -0.05) is 28.6 Å². The third kappa shape index (κ3) is 3.58. The molecule has 4 aromatic rings. The van der Waals surface area contributed by atoms with E-state index in [4.69, 9.17) is 4.42 Å². The molecule has 0 radical (unpaired) electrons. The first-order chi connectivity index (χ1) is 14.3. The van der Waals surface area contributed by atoms with E-state index < -0.39 is 16.4 Å². The van der Waals surface area contributed by atoms with Crippen molar-refractivity contribution in [3.8, 4) is 22.8 Å². The number of phenols is 1. The lowest BCUT2D eigenvalue weighted by Crippen LogP contribution is -2.33. The van der Waals surface area contributed by atoms with Crippen molar-refractivity contribution < 1.29 is 14.4 Å². The lowest BCUT2D eigenvalue weighted by molar-refractivity contribution is -0.385. The van der Waals surface area contributed by atoms with Gasteiger partial charge in [-0.3, -0.25) is 20.0 Å². The molecule has 0 aliphatic carbocycles. The Labute approximate surface area is 177 Å². The molecule has 0 saturated carbocycles. The number of rotatable bonds is 4. The molecule has 0 saturated heterocycles. The van der Waals surface area contributed by atoms with Crippen molar-refractivity contribution in [1.29, 1.82) is 0 Å². The predicted molar refractivity (Wildman–Crippen MR) is 115 cm³/mol. The molecule has 0 spiro atoms. The van der Waals surface area contributed by atoms with E-state index in [2.05, 4.69) is 27.6 Å². The van der Waals surface area contributed by atoms with Crippen LogP contribution in [0.15, 0.2) is 68.3 Å². The number of hydrogen-bond acceptors (Lipinski definition) is 5. The van der Waals surface area contributed by atoms with Crippen LogP contribution in [0.1, 0.15) is 5.76 Å². The number of aromatic hydroxyl groups is 1. The van der Waals surface area contributed by atoms with Gasteiger partial charge in [-0.15, -0.1) is 0 Å². The van der Waals surface area contributed by atoms with Crippen molar-refractivity contribution in [3.63, 3.8) is 0 Å². The summed E-state index contributed by atoms with van der Waals surface area (Å²) in [6.07, 6.45) is 1.55. The first-order valence-electron chi connectivity index (χ1n) is 8.69. The molecule has 0 unspecified atom stereocenters. The quantitative estimate of drug-likeness (QED) is 0.353. The Morgan fingerprint density at radius 1 is 1.20 bits per heavy atom. The van der Waals surface area contributed by atoms with Crippen molar-refractivity contribution in [1.82, 2.24) is 9.78 Å². The molecule has 2 N–H and O–H groups in total. The van der Waals surface area contributed by atoms with Crippen LogP contribution in [-0.4, -0.2) is 19.8 Å². The number of phenolic OH excluding ortho intramolecular Hbond substituents is 1. The Kier molecular flexibility index (Phi) is 4.88. The van der Waals surface area contributed by atoms with Gasteiger partial charge in [0.25, 0.3) is 5.56 Å². The summed E-state index contributed by atoms with van der Waals surface area (Å²) in [4.78, 5) is 23.2. The zero-order valence-corrected chi connectivity index (χ0v) is 16.9. The molecule has 0 aliphatic heterocycles. The second-order valence-corrected chi connectivity index (χ2v) is 7.35. The summed E-state index contributed by atoms with van der Waals surface area (Å²) < 4.78 is 7.95. The molecule has 150 valence electrons. The smallest absolute Gasteiger partial charge is 0.311 e. The number of aromatic nitrogens is 2. The number of nitrogens with one attached hydrogen (secondary N) is 1. The predicted octanol–water partition coefficient (Wildman–Crippen LogP) is 3.04. The minimum Gasteiger partial charge on any atom is -0.502 e. The lowest BCUT2D eigenvalue weighted by atomic mass is 10.1. The zero-order valence-electron chi connectivity index (χ0n) is 15.3. The fourth-order valence-electron chi connectivity index (χ4n) is 2.99. The van der Waals surface area contributed by atoms with Crippen molar-refractivity contribution in [3.05, 3.63) is 95.9 Å². The van der Waals surface area contributed by atoms with E-state index in [1.165, 1.54) is 22.9 Å². The summed E-state index contributed by atoms with van der Waals surface area (Å²) in [7, 11) is 0. The van der Waals surface area contributed by atoms with Gasteiger partial charge < -0.3 is 9.52 Å². The van der Waals surface area contributed by atoms with E-state index in [0.29, 0.717) is 33.3 Å². The van der Waals surface area contributed by atoms with E-state index in [9.17, 15) is 20.0 Å². The lowest BCUT2D eigenvalue weighted by Gasteiger charge is -2.00. The monoisotopic (exact) mass is 467 g/mol. The number of furan rings is 1. The second-order valence-electron chi connectivity index (χ2n) is 6.43. The Balaban J connectivity index is 1.76. The highest BCUT2D eigenvalue weighted by Crippen LogP contribution is 2.32. The van der Waals surface area contributed by atoms with Crippen molar-refractivity contribution in [2.75, 3.05) is 0 Å². The number of nitro benzene ring substituents is 1. The van der Waals surface area contributed by atoms with Crippen LogP contribution in [0.2, 0.25) is 0 Å². The third-order valence-electron chi connectivity index (χ3n) is 4.44. The molecule has 0 bridgehead atoms. The van der Waals surface area contributed by atoms with Gasteiger partial charge in [0, 0.05) is 16.1 Å². The maximum atomic E-state index is 12.8. The Bertz CT molecular complexity index is 1450. The topological polar surface area (TPSA) is 114 Å². The van der Waals surface area contributed by atoms with Crippen LogP contribution in [0.4, 0.5) is 5.69 Å². The molecule has 0 aliphatic rings. The maximum absolute atomic E-state index is 12.8. The Morgan fingerprint density at radius 3 is 2.73 bits per heavy atom. The fraction of sp³-hybridized carbons (Fsp3) is 0. The SMILES string of the molecule is C=c1[nH]n(-c2cccc(Br)c2)c(=O)/c1=C\c1ccc(-c2ccc(O)c([N+](=O)[O-])c2)o1. The van der Waals surface area contributed by atoms with Crippen LogP contribution >= 0.6 is 15.9 Å². The first kappa shape index (κ1) is 19.5. The molecule has 0 fully saturated rings. The van der Waals surface area contributed by atoms with Gasteiger partial charge in [0.05, 0.1) is 21.2 Å². The number of hydrogen-bond donors (Lipinski definition) is 2. The average Bonchev–Trinajstić information content (AvgIpc) is 3.28. The summed E-state index contributed by atoms with van der Waals surface area (Å²) in [6, 6.07) is 14.5. The van der Waals surface area contributed by atoms with Crippen LogP contribution in [0.5, 0.6) is 5.75 Å². The van der Waals surface area contributed by atoms with Crippen LogP contribution in [0.3, 0.4) is 0 Å². The summed E-state index contributed by atoms with van der Waals surface area (Å²) >= 11 is 3.38. The Hall–Kier alpha value is -3.85. The summed E-state index contributed by atoms with van der Waals surface area (Å²) in [6.45, 7) is 3.89. The molecular weight excluding hydrogens is 454 g/mol. The van der Waals surface area contributed by atoms with Crippen molar-refractivity contribution in [2.24, 2.45) is 0 Å². The van der Waals surface area contributed by atoms with Crippen LogP contribution in [-0.2, 0) is 0 Å². The van der Waals surface area contributed by atoms with Gasteiger partial charge >= 0.3 is 5.69 Å². The van der Waals surface area contributed by atoms with Crippen LogP contribution in [0.25, 0.3) is 29.7 Å². The van der Waals surface area contributed by atoms with E-state index in [1.54, 1.807) is 30.3 Å². The van der Waals surface area contributed by atoms with Crippen LogP contribution < -0.4 is 16.1 Å². The van der Waals surface area contributed by atoms with E-state index >= 15 is 0 Å². The molecule has 4 rings (SSSR count). The number of benzene rings is 2. The first-order valence-corrected chi connectivity index (χ1v) is 9.48. The summed E-state index contributed by atoms with van der Waals surface area (Å²) in [5.74, 6) is 0.310. The van der Waals surface area contributed by atoms with Gasteiger partial charge in [-0.25, -0.2) is 4.68 Å². The number of nitro groups is 1. The third-order valence-corrected chi connectivity index (χ3v) is 4.94. The van der Waals surface area contributed by atoms with Gasteiger partial charge in [0.15, 0.2) is 5.75 Å². The second kappa shape index (κ2) is 7.53. The van der Waals surface area contributed by atoms with E-state index in [1.807, 2.05) is 12.1 Å². The van der Waals surface area contributed by atoms with Gasteiger partial charge in [-0.05, 0) is 48.5 Å². The normalized spacial score (nSPS) is 11.7. The van der Waals surface area contributed by atoms with E-state index in [-0.39, 0.29) is 5.56 Å². The molecule has 30 heavy (non-hydrogen) atoms. The summed E-state index contributed by atoms with van der Waals surface area (Å²) in [5, 5.41) is 24.3. The highest BCUT2D eigenvalue weighted by molar-refractivity contribution is 9.10. The summed E-state index contributed by atoms with van der Waals surface area (Å²) in [5.41, 5.74) is 0.360. The van der Waals surface area contributed by atoms with Crippen molar-refractivity contribution >= 4 is 34.3 Å². The number of H-pyrrole nitrogens is 1. The standard InChI is InChI=1S/C21H14BrN3O5/c1-12-17(21(27)24(23-12)15-4-2-3-14(22)10-15)11-16-6-8-20(30-16)13-5-7-19(26)18(9-13)25(28)29/h2-11,23,26H,1H2/b17-11-. The molecule has 2 aromatic carbocycles. The average molecular weight is 468 g/mol. The number of nitrogens with zero attached hydrogens (tertiary/aromatic N) is 2. The van der Waals surface area contributed by atoms with Gasteiger partial charge in [0.2, 0.25) is 0 Å². The van der Waals surface area contributed by atoms with Gasteiger partial charge in [0.1, 0.15) is 11.5 Å². The molecule has 8 nitrogen and oxygen atoms in total. The largest absolute Gasteiger partial charge is 0.502 e. The highest BCUT2D eigenvalue weighted by atomic mass is 79.9. The van der Waals surface area contributed by atoms with E-state index in [0.717, 1.165) is 4.47 Å². The highest BCUT2D eigenvalue weighted by Gasteiger charge is 2.16. The molecule has 0 amide bonds. The minimum absolute atomic E-state index is 0.295. The minimum atomic E-state index is -0.673. The zero-order chi connectivity index (χ0) is 21.4. The molecular formula is C21H14BrN3O5. The number of aromatic amines is 1. The molecule has 0 atom stereocenters. The van der Waals surface area contributed by atoms with Gasteiger partial charge in [-0.2, -0.15) is 0 Å². The Morgan fingerprint density at radius 2 is 2.00 bits per heavy atom. The molecule has 2 heterocycles. The maximum Gasteiger partial charge on any atom is 0.311 e. The molecule has 2 aromatic heterocycles. The number of halogens is 1.